The molecule has 1 heterocycles. The quantitative estimate of drug-likeness (QED) is 0.761. The molecule has 0 saturated heterocycles. The van der Waals surface area contributed by atoms with Gasteiger partial charge >= 0.3 is 5.69 Å². The second-order valence-corrected chi connectivity index (χ2v) is 5.43. The molecule has 26 heavy (non-hydrogen) atoms. The van der Waals surface area contributed by atoms with Gasteiger partial charge in [-0.3, -0.25) is 14.2 Å². The Labute approximate surface area is 148 Å². The lowest BCUT2D eigenvalue weighted by atomic mass is 10.3. The Morgan fingerprint density at radius 2 is 1.81 bits per heavy atom. The standard InChI is InChI=1S/C18H16N4O4/c1-21-17(24)15(16(23)19-12-7-6-10-14(11-12)26-2)20-22(18(21)25)13-8-4-3-5-9-13/h3-11H,1-2H3,(H,19,23). The molecule has 3 aromatic rings. The minimum Gasteiger partial charge on any atom is -0.497 e. The van der Waals surface area contributed by atoms with E-state index in [1.54, 1.807) is 54.6 Å². The van der Waals surface area contributed by atoms with E-state index in [4.69, 9.17) is 4.74 Å². The van der Waals surface area contributed by atoms with Gasteiger partial charge in [-0.25, -0.2) is 4.79 Å². The predicted molar refractivity (Wildman–Crippen MR) is 96.0 cm³/mol. The summed E-state index contributed by atoms with van der Waals surface area (Å²) in [6.45, 7) is 0. The minimum absolute atomic E-state index is 0.390. The molecule has 0 spiro atoms. The van der Waals surface area contributed by atoms with Crippen LogP contribution in [0.2, 0.25) is 0 Å². The first-order valence-electron chi connectivity index (χ1n) is 7.72. The maximum absolute atomic E-state index is 12.5. The molecular weight excluding hydrogens is 336 g/mol. The molecule has 132 valence electrons. The zero-order valence-electron chi connectivity index (χ0n) is 14.2. The van der Waals surface area contributed by atoms with Crippen molar-refractivity contribution in [2.75, 3.05) is 12.4 Å². The number of anilines is 1. The lowest BCUT2D eigenvalue weighted by molar-refractivity contribution is 0.101. The van der Waals surface area contributed by atoms with Gasteiger partial charge in [0, 0.05) is 18.8 Å². The van der Waals surface area contributed by atoms with Crippen molar-refractivity contribution in [3.63, 3.8) is 0 Å². The number of hydrogen-bond acceptors (Lipinski definition) is 5. The van der Waals surface area contributed by atoms with Gasteiger partial charge in [-0.15, -0.1) is 0 Å². The molecule has 3 rings (SSSR count). The van der Waals surface area contributed by atoms with Crippen LogP contribution >= 0.6 is 0 Å². The lowest BCUT2D eigenvalue weighted by Gasteiger charge is -2.10. The Bertz CT molecular complexity index is 1070. The number of amides is 1. The first-order chi connectivity index (χ1) is 12.5. The molecule has 0 aliphatic carbocycles. The molecule has 0 aliphatic rings. The van der Waals surface area contributed by atoms with Crippen LogP contribution < -0.4 is 21.3 Å². The first kappa shape index (κ1) is 17.2. The van der Waals surface area contributed by atoms with Crippen molar-refractivity contribution < 1.29 is 9.53 Å². The number of para-hydroxylation sites is 1. The van der Waals surface area contributed by atoms with Gasteiger partial charge in [0.25, 0.3) is 11.5 Å². The van der Waals surface area contributed by atoms with Gasteiger partial charge in [-0.1, -0.05) is 24.3 Å². The van der Waals surface area contributed by atoms with E-state index in [1.165, 1.54) is 14.2 Å². The van der Waals surface area contributed by atoms with Gasteiger partial charge in [0.1, 0.15) is 5.75 Å². The molecule has 0 unspecified atom stereocenters. The smallest absolute Gasteiger partial charge is 0.351 e. The number of ether oxygens (including phenoxy) is 1. The average Bonchev–Trinajstić information content (AvgIpc) is 2.67. The summed E-state index contributed by atoms with van der Waals surface area (Å²) in [6.07, 6.45) is 0. The number of benzene rings is 2. The molecule has 8 heteroatoms. The van der Waals surface area contributed by atoms with Crippen molar-refractivity contribution in [1.29, 1.82) is 0 Å². The largest absolute Gasteiger partial charge is 0.497 e. The van der Waals surface area contributed by atoms with Gasteiger partial charge in [0.05, 0.1) is 12.8 Å². The summed E-state index contributed by atoms with van der Waals surface area (Å²) < 4.78 is 6.96. The fourth-order valence-corrected chi connectivity index (χ4v) is 2.34. The van der Waals surface area contributed by atoms with Gasteiger partial charge in [0.15, 0.2) is 0 Å². The molecular formula is C18H16N4O4. The fraction of sp³-hybridized carbons (Fsp3) is 0.111. The summed E-state index contributed by atoms with van der Waals surface area (Å²) in [4.78, 5) is 37.2. The highest BCUT2D eigenvalue weighted by atomic mass is 16.5. The van der Waals surface area contributed by atoms with Crippen LogP contribution in [0.4, 0.5) is 5.69 Å². The molecule has 0 bridgehead atoms. The van der Waals surface area contributed by atoms with Gasteiger partial charge in [-0.05, 0) is 24.3 Å². The third kappa shape index (κ3) is 3.25. The first-order valence-corrected chi connectivity index (χ1v) is 7.72. The summed E-state index contributed by atoms with van der Waals surface area (Å²) in [5.41, 5.74) is -0.917. The number of hydrogen-bond donors (Lipinski definition) is 1. The number of carbonyl (C=O) groups is 1. The molecule has 1 aromatic heterocycles. The molecule has 0 radical (unpaired) electrons. The van der Waals surface area contributed by atoms with E-state index in [1.807, 2.05) is 0 Å². The van der Waals surface area contributed by atoms with Crippen molar-refractivity contribution in [2.45, 2.75) is 0 Å². The van der Waals surface area contributed by atoms with Crippen molar-refractivity contribution in [2.24, 2.45) is 7.05 Å². The predicted octanol–water partition coefficient (Wildman–Crippen LogP) is 1.19. The highest BCUT2D eigenvalue weighted by Gasteiger charge is 2.19. The Balaban J connectivity index is 2.04. The molecule has 0 fully saturated rings. The van der Waals surface area contributed by atoms with E-state index in [0.717, 1.165) is 9.25 Å². The maximum Gasteiger partial charge on any atom is 0.351 e. The van der Waals surface area contributed by atoms with Crippen LogP contribution in [0.15, 0.2) is 64.2 Å². The van der Waals surface area contributed by atoms with Crippen LogP contribution in [0.5, 0.6) is 5.75 Å². The van der Waals surface area contributed by atoms with Gasteiger partial charge in [0.2, 0.25) is 5.69 Å². The third-order valence-electron chi connectivity index (χ3n) is 3.72. The molecule has 2 aromatic carbocycles. The van der Waals surface area contributed by atoms with Crippen molar-refractivity contribution in [3.05, 3.63) is 81.1 Å². The van der Waals surface area contributed by atoms with Crippen LogP contribution in [0.3, 0.4) is 0 Å². The topological polar surface area (TPSA) is 95.2 Å². The summed E-state index contributed by atoms with van der Waals surface area (Å²) >= 11 is 0. The third-order valence-corrected chi connectivity index (χ3v) is 3.72. The second-order valence-electron chi connectivity index (χ2n) is 5.43. The molecule has 0 aliphatic heterocycles. The van der Waals surface area contributed by atoms with Crippen LogP contribution in [-0.2, 0) is 7.05 Å². The van der Waals surface area contributed by atoms with E-state index in [9.17, 15) is 14.4 Å². The van der Waals surface area contributed by atoms with Crippen LogP contribution in [-0.4, -0.2) is 27.4 Å². The van der Waals surface area contributed by atoms with Crippen LogP contribution in [0.1, 0.15) is 10.5 Å². The van der Waals surface area contributed by atoms with E-state index < -0.39 is 22.9 Å². The van der Waals surface area contributed by atoms with E-state index >= 15 is 0 Å². The number of methoxy groups -OCH3 is 1. The van der Waals surface area contributed by atoms with Crippen molar-refractivity contribution in [1.82, 2.24) is 14.3 Å². The Kier molecular flexibility index (Phi) is 4.66. The number of nitrogens with one attached hydrogen (secondary N) is 1. The highest BCUT2D eigenvalue weighted by molar-refractivity contribution is 6.02. The summed E-state index contributed by atoms with van der Waals surface area (Å²) in [7, 11) is 2.81. The maximum atomic E-state index is 12.5. The number of aromatic nitrogens is 3. The van der Waals surface area contributed by atoms with Crippen LogP contribution in [0.25, 0.3) is 5.69 Å². The fourth-order valence-electron chi connectivity index (χ4n) is 2.34. The van der Waals surface area contributed by atoms with Crippen molar-refractivity contribution >= 4 is 11.6 Å². The Morgan fingerprint density at radius 1 is 1.08 bits per heavy atom. The van der Waals surface area contributed by atoms with Crippen molar-refractivity contribution in [3.8, 4) is 11.4 Å². The summed E-state index contributed by atoms with van der Waals surface area (Å²) in [5.74, 6) is -0.165. The van der Waals surface area contributed by atoms with E-state index in [2.05, 4.69) is 10.4 Å². The SMILES string of the molecule is COc1cccc(NC(=O)c2nn(-c3ccccc3)c(=O)n(C)c2=O)c1. The zero-order valence-corrected chi connectivity index (χ0v) is 14.2. The minimum atomic E-state index is -0.775. The Morgan fingerprint density at radius 3 is 2.50 bits per heavy atom. The average molecular weight is 352 g/mol. The zero-order chi connectivity index (χ0) is 18.7. The summed E-state index contributed by atoms with van der Waals surface area (Å²) in [6, 6.07) is 15.2. The van der Waals surface area contributed by atoms with Gasteiger partial charge in [-0.2, -0.15) is 9.78 Å². The van der Waals surface area contributed by atoms with E-state index in [-0.39, 0.29) is 0 Å². The highest BCUT2D eigenvalue weighted by Crippen LogP contribution is 2.16. The number of carbonyl (C=O) groups excluding carboxylic acids is 1. The number of nitrogens with zero attached hydrogens (tertiary/aromatic N) is 3. The lowest BCUT2D eigenvalue weighted by Crippen LogP contribution is -2.43. The molecule has 8 nitrogen and oxygen atoms in total. The second kappa shape index (κ2) is 7.06. The molecule has 0 atom stereocenters. The molecule has 1 amide bonds. The monoisotopic (exact) mass is 352 g/mol. The number of rotatable bonds is 4. The Hall–Kier alpha value is -3.68. The molecule has 0 saturated carbocycles. The normalized spacial score (nSPS) is 10.4. The van der Waals surface area contributed by atoms with Gasteiger partial charge < -0.3 is 10.1 Å². The van der Waals surface area contributed by atoms with Crippen LogP contribution in [0, 0.1) is 0 Å². The van der Waals surface area contributed by atoms with E-state index in [0.29, 0.717) is 17.1 Å². The summed E-state index contributed by atoms with van der Waals surface area (Å²) in [5, 5.41) is 6.56. The molecule has 1 N–H and O–H groups in total.